The number of anilines is 2. The number of hydrogen-bond acceptors (Lipinski definition) is 4. The largest absolute Gasteiger partial charge is 0.394 e. The van der Waals surface area contributed by atoms with Gasteiger partial charge in [-0.25, -0.2) is 9.97 Å². The highest BCUT2D eigenvalue weighted by atomic mass is 127. The molecule has 2 rings (SSSR count). The van der Waals surface area contributed by atoms with Crippen LogP contribution in [0.5, 0.6) is 0 Å². The Morgan fingerprint density at radius 1 is 1.06 bits per heavy atom. The van der Waals surface area contributed by atoms with Gasteiger partial charge in [-0.05, 0) is 46.9 Å². The maximum absolute atomic E-state index is 5.80. The smallest absolute Gasteiger partial charge is 0.162 e. The van der Waals surface area contributed by atoms with E-state index >= 15 is 0 Å². The zero-order valence-corrected chi connectivity index (χ0v) is 11.0. The average Bonchev–Trinajstić information content (AvgIpc) is 2.26. The highest BCUT2D eigenvalue weighted by Crippen LogP contribution is 2.24. The summed E-state index contributed by atoms with van der Waals surface area (Å²) in [7, 11) is 0. The van der Waals surface area contributed by atoms with Gasteiger partial charge in [-0.3, -0.25) is 0 Å². The molecule has 16 heavy (non-hydrogen) atoms. The topological polar surface area (TPSA) is 77.8 Å². The molecule has 0 fully saturated rings. The third-order valence-corrected chi connectivity index (χ3v) is 3.11. The van der Waals surface area contributed by atoms with Crippen LogP contribution in [0, 0.1) is 3.70 Å². The molecule has 0 spiro atoms. The Morgan fingerprint density at radius 3 is 2.25 bits per heavy atom. The van der Waals surface area contributed by atoms with Crippen LogP contribution < -0.4 is 11.5 Å². The summed E-state index contributed by atoms with van der Waals surface area (Å²) in [5, 5.41) is 0.668. The summed E-state index contributed by atoms with van der Waals surface area (Å²) in [5.41, 5.74) is 12.6. The fourth-order valence-corrected chi connectivity index (χ4v) is 1.82. The van der Waals surface area contributed by atoms with Gasteiger partial charge < -0.3 is 11.5 Å². The van der Waals surface area contributed by atoms with E-state index in [1.807, 2.05) is 34.7 Å². The van der Waals surface area contributed by atoms with Crippen molar-refractivity contribution in [2.75, 3.05) is 11.5 Å². The first kappa shape index (κ1) is 11.4. The number of benzene rings is 1. The molecule has 0 amide bonds. The molecular weight excluding hydrogens is 338 g/mol. The molecule has 0 atom stereocenters. The predicted octanol–water partition coefficient (Wildman–Crippen LogP) is 2.57. The molecule has 1 aromatic heterocycles. The van der Waals surface area contributed by atoms with Crippen LogP contribution in [0.2, 0.25) is 5.02 Å². The first-order valence-corrected chi connectivity index (χ1v) is 5.88. The van der Waals surface area contributed by atoms with E-state index in [4.69, 9.17) is 23.1 Å². The van der Waals surface area contributed by atoms with Crippen LogP contribution >= 0.6 is 34.2 Å². The number of nitrogens with zero attached hydrogens (tertiary/aromatic N) is 2. The second kappa shape index (κ2) is 4.42. The lowest BCUT2D eigenvalue weighted by molar-refractivity contribution is 1.16. The Kier molecular flexibility index (Phi) is 3.15. The second-order valence-corrected chi connectivity index (χ2v) is 4.60. The number of aromatic nitrogens is 2. The van der Waals surface area contributed by atoms with Crippen molar-refractivity contribution in [3.63, 3.8) is 0 Å². The lowest BCUT2D eigenvalue weighted by atomic mass is 10.2. The Hall–Kier alpha value is -1.08. The van der Waals surface area contributed by atoms with Gasteiger partial charge in [0.05, 0.1) is 0 Å². The van der Waals surface area contributed by atoms with Crippen molar-refractivity contribution < 1.29 is 0 Å². The first-order valence-electron chi connectivity index (χ1n) is 4.42. The van der Waals surface area contributed by atoms with E-state index in [0.29, 0.717) is 26.1 Å². The van der Waals surface area contributed by atoms with E-state index < -0.39 is 0 Å². The minimum atomic E-state index is 0.296. The zero-order valence-electron chi connectivity index (χ0n) is 8.11. The molecule has 4 nitrogen and oxygen atoms in total. The summed E-state index contributed by atoms with van der Waals surface area (Å²) in [6, 6.07) is 7.23. The number of halogens is 2. The van der Waals surface area contributed by atoms with Crippen molar-refractivity contribution in [1.29, 1.82) is 0 Å². The fourth-order valence-electron chi connectivity index (χ4n) is 1.19. The predicted molar refractivity (Wildman–Crippen MR) is 74.0 cm³/mol. The van der Waals surface area contributed by atoms with E-state index in [0.717, 1.165) is 5.56 Å². The van der Waals surface area contributed by atoms with Gasteiger partial charge in [-0.1, -0.05) is 11.6 Å². The van der Waals surface area contributed by atoms with Gasteiger partial charge >= 0.3 is 0 Å². The molecule has 0 bridgehead atoms. The maximum Gasteiger partial charge on any atom is 0.162 e. The summed E-state index contributed by atoms with van der Waals surface area (Å²) in [4.78, 5) is 8.39. The average molecular weight is 347 g/mol. The standard InChI is InChI=1S/C10H8ClIN4/c11-6-3-1-5(2-4-6)10-15-8(12)7(13)9(14)16-10/h1-4H,13H2,(H2,14,15,16). The van der Waals surface area contributed by atoms with E-state index in [2.05, 4.69) is 9.97 Å². The molecule has 0 aliphatic rings. The van der Waals surface area contributed by atoms with Crippen LogP contribution in [0.1, 0.15) is 0 Å². The molecule has 0 saturated heterocycles. The Bertz CT molecular complexity index is 504. The normalized spacial score (nSPS) is 10.4. The quantitative estimate of drug-likeness (QED) is 0.614. The van der Waals surface area contributed by atoms with Crippen LogP contribution in [0.25, 0.3) is 11.4 Å². The minimum absolute atomic E-state index is 0.296. The van der Waals surface area contributed by atoms with E-state index in [1.165, 1.54) is 0 Å². The van der Waals surface area contributed by atoms with E-state index in [9.17, 15) is 0 Å². The van der Waals surface area contributed by atoms with Gasteiger partial charge in [0.15, 0.2) is 11.6 Å². The van der Waals surface area contributed by atoms with Crippen molar-refractivity contribution in [1.82, 2.24) is 9.97 Å². The Morgan fingerprint density at radius 2 is 1.69 bits per heavy atom. The molecule has 4 N–H and O–H groups in total. The van der Waals surface area contributed by atoms with Gasteiger partial charge in [0.1, 0.15) is 9.39 Å². The Labute approximate surface area is 111 Å². The molecular formula is C10H8ClIN4. The van der Waals surface area contributed by atoms with Gasteiger partial charge in [0.2, 0.25) is 0 Å². The summed E-state index contributed by atoms with van der Waals surface area (Å²) in [5.74, 6) is 0.845. The lowest BCUT2D eigenvalue weighted by Crippen LogP contribution is -2.04. The number of nitrogens with two attached hydrogens (primary N) is 2. The second-order valence-electron chi connectivity index (χ2n) is 3.14. The summed E-state index contributed by atoms with van der Waals surface area (Å²) < 4.78 is 0.648. The number of hydrogen-bond donors (Lipinski definition) is 2. The Balaban J connectivity index is 2.52. The van der Waals surface area contributed by atoms with Crippen molar-refractivity contribution in [2.45, 2.75) is 0 Å². The molecule has 0 aliphatic heterocycles. The highest BCUT2D eigenvalue weighted by molar-refractivity contribution is 14.1. The third kappa shape index (κ3) is 2.19. The summed E-state index contributed by atoms with van der Waals surface area (Å²) in [6.07, 6.45) is 0. The number of rotatable bonds is 1. The van der Waals surface area contributed by atoms with Gasteiger partial charge in [0, 0.05) is 10.6 Å². The van der Waals surface area contributed by atoms with Crippen molar-refractivity contribution in [2.24, 2.45) is 0 Å². The lowest BCUT2D eigenvalue weighted by Gasteiger charge is -2.05. The minimum Gasteiger partial charge on any atom is -0.394 e. The summed E-state index contributed by atoms with van der Waals surface area (Å²) >= 11 is 7.83. The van der Waals surface area contributed by atoms with Crippen LogP contribution in [-0.2, 0) is 0 Å². The van der Waals surface area contributed by atoms with Gasteiger partial charge in [0.25, 0.3) is 0 Å². The van der Waals surface area contributed by atoms with Crippen LogP contribution in [0.15, 0.2) is 24.3 Å². The maximum atomic E-state index is 5.80. The monoisotopic (exact) mass is 346 g/mol. The van der Waals surface area contributed by atoms with E-state index in [-0.39, 0.29) is 0 Å². The molecule has 0 radical (unpaired) electrons. The van der Waals surface area contributed by atoms with E-state index in [1.54, 1.807) is 12.1 Å². The molecule has 6 heteroatoms. The van der Waals surface area contributed by atoms with Gasteiger partial charge in [-0.15, -0.1) is 0 Å². The number of nitrogen functional groups attached to an aromatic ring is 2. The molecule has 82 valence electrons. The van der Waals surface area contributed by atoms with Crippen LogP contribution in [0.4, 0.5) is 11.5 Å². The molecule has 1 aromatic carbocycles. The SMILES string of the molecule is Nc1nc(-c2ccc(Cl)cc2)nc(I)c1N. The van der Waals surface area contributed by atoms with Crippen molar-refractivity contribution in [3.05, 3.63) is 33.0 Å². The molecule has 0 aliphatic carbocycles. The van der Waals surface area contributed by atoms with Crippen molar-refractivity contribution >= 4 is 45.7 Å². The highest BCUT2D eigenvalue weighted by Gasteiger charge is 2.08. The molecule has 1 heterocycles. The fraction of sp³-hybridized carbons (Fsp3) is 0. The zero-order chi connectivity index (χ0) is 11.7. The first-order chi connectivity index (χ1) is 7.58. The van der Waals surface area contributed by atoms with Gasteiger partial charge in [-0.2, -0.15) is 0 Å². The molecule has 2 aromatic rings. The summed E-state index contributed by atoms with van der Waals surface area (Å²) in [6.45, 7) is 0. The van der Waals surface area contributed by atoms with Crippen LogP contribution in [0.3, 0.4) is 0 Å². The van der Waals surface area contributed by atoms with Crippen molar-refractivity contribution in [3.8, 4) is 11.4 Å². The molecule has 0 unspecified atom stereocenters. The van der Waals surface area contributed by atoms with Crippen LogP contribution in [-0.4, -0.2) is 9.97 Å². The third-order valence-electron chi connectivity index (χ3n) is 2.03. The molecule has 0 saturated carbocycles.